The lowest BCUT2D eigenvalue weighted by molar-refractivity contribution is 0.101. The van der Waals surface area contributed by atoms with Gasteiger partial charge in [-0.1, -0.05) is 17.8 Å². The van der Waals surface area contributed by atoms with Crippen LogP contribution in [0, 0.1) is 0 Å². The summed E-state index contributed by atoms with van der Waals surface area (Å²) < 4.78 is 0.667. The number of rotatable bonds is 3. The molecule has 0 radical (unpaired) electrons. The van der Waals surface area contributed by atoms with Crippen LogP contribution in [0.5, 0.6) is 0 Å². The van der Waals surface area contributed by atoms with Gasteiger partial charge in [-0.15, -0.1) is 10.2 Å². The number of aromatic amines is 1. The monoisotopic (exact) mass is 327 g/mol. The number of anilines is 1. The van der Waals surface area contributed by atoms with Gasteiger partial charge in [0.25, 0.3) is 5.91 Å². The van der Waals surface area contributed by atoms with E-state index in [4.69, 9.17) is 0 Å². The molecule has 0 unspecified atom stereocenters. The zero-order valence-corrected chi connectivity index (χ0v) is 11.7. The third-order valence-corrected chi connectivity index (χ3v) is 4.28. The molecule has 6 nitrogen and oxygen atoms in total. The fourth-order valence-corrected chi connectivity index (χ4v) is 2.87. The molecule has 2 N–H and O–H groups in total. The molecule has 0 aliphatic heterocycles. The summed E-state index contributed by atoms with van der Waals surface area (Å²) >= 11 is 4.64. The number of amides is 1. The maximum Gasteiger partial charge on any atom is 0.293 e. The molecule has 1 aliphatic carbocycles. The number of carbonyl (C=O) groups excluding carboxylic acids is 1. The molecule has 1 saturated carbocycles. The van der Waals surface area contributed by atoms with Gasteiger partial charge in [0.1, 0.15) is 9.61 Å². The molecule has 1 aliphatic rings. The minimum atomic E-state index is -0.308. The summed E-state index contributed by atoms with van der Waals surface area (Å²) in [6.45, 7) is 0. The van der Waals surface area contributed by atoms with Crippen LogP contribution in [0.3, 0.4) is 0 Å². The van der Waals surface area contributed by atoms with Gasteiger partial charge in [-0.05, 0) is 28.8 Å². The van der Waals surface area contributed by atoms with Crippen molar-refractivity contribution in [3.05, 3.63) is 21.6 Å². The summed E-state index contributed by atoms with van der Waals surface area (Å²) in [6.07, 6.45) is 5.14. The molecule has 1 amide bonds. The van der Waals surface area contributed by atoms with Gasteiger partial charge in [0, 0.05) is 5.92 Å². The van der Waals surface area contributed by atoms with Crippen molar-refractivity contribution in [1.29, 1.82) is 0 Å². The molecule has 0 spiro atoms. The van der Waals surface area contributed by atoms with E-state index in [1.165, 1.54) is 36.8 Å². The van der Waals surface area contributed by atoms with Crippen molar-refractivity contribution in [2.75, 3.05) is 5.32 Å². The van der Waals surface area contributed by atoms with Crippen molar-refractivity contribution in [2.45, 2.75) is 25.2 Å². The Morgan fingerprint density at radius 2 is 2.33 bits per heavy atom. The standard InChI is InChI=1S/C10H10BrN5OS/c11-6-4-12-7(13-6)8(17)14-10-16-15-9(18-10)5-2-1-3-5/h4-5H,1-3H2,(H,12,13)(H,14,16,17). The topological polar surface area (TPSA) is 83.6 Å². The second-order valence-electron chi connectivity index (χ2n) is 4.11. The Kier molecular flexibility index (Phi) is 3.13. The van der Waals surface area contributed by atoms with Crippen molar-refractivity contribution in [1.82, 2.24) is 20.2 Å². The van der Waals surface area contributed by atoms with E-state index >= 15 is 0 Å². The van der Waals surface area contributed by atoms with Crippen LogP contribution in [-0.4, -0.2) is 26.1 Å². The second kappa shape index (κ2) is 4.77. The third-order valence-electron chi connectivity index (χ3n) is 2.88. The van der Waals surface area contributed by atoms with Crippen molar-refractivity contribution in [3.63, 3.8) is 0 Å². The van der Waals surface area contributed by atoms with Crippen LogP contribution in [0.1, 0.15) is 40.8 Å². The zero-order valence-electron chi connectivity index (χ0n) is 9.31. The molecule has 94 valence electrons. The Balaban J connectivity index is 1.68. The number of halogens is 1. The SMILES string of the molecule is O=C(Nc1nnc(C2CCC2)s1)c1ncc(Br)[nH]1. The number of hydrogen-bond donors (Lipinski definition) is 2. The molecule has 1 fully saturated rings. The van der Waals surface area contributed by atoms with Crippen molar-refractivity contribution in [3.8, 4) is 0 Å². The second-order valence-corrected chi connectivity index (χ2v) is 5.97. The summed E-state index contributed by atoms with van der Waals surface area (Å²) in [7, 11) is 0. The number of carbonyl (C=O) groups is 1. The van der Waals surface area contributed by atoms with Gasteiger partial charge in [-0.25, -0.2) is 4.98 Å². The highest BCUT2D eigenvalue weighted by molar-refractivity contribution is 9.10. The maximum atomic E-state index is 11.8. The Hall–Kier alpha value is -1.28. The van der Waals surface area contributed by atoms with Crippen molar-refractivity contribution >= 4 is 38.3 Å². The minimum Gasteiger partial charge on any atom is -0.329 e. The van der Waals surface area contributed by atoms with E-state index in [2.05, 4.69) is 41.4 Å². The molecular formula is C10H10BrN5OS. The van der Waals surface area contributed by atoms with E-state index in [-0.39, 0.29) is 11.7 Å². The van der Waals surface area contributed by atoms with Crippen molar-refractivity contribution < 1.29 is 4.79 Å². The Morgan fingerprint density at radius 3 is 2.94 bits per heavy atom. The average molecular weight is 328 g/mol. The third kappa shape index (κ3) is 2.30. The number of nitrogens with zero attached hydrogens (tertiary/aromatic N) is 3. The average Bonchev–Trinajstić information content (AvgIpc) is 2.85. The largest absolute Gasteiger partial charge is 0.329 e. The van der Waals surface area contributed by atoms with E-state index in [0.717, 1.165) is 5.01 Å². The fraction of sp³-hybridized carbons (Fsp3) is 0.400. The number of aromatic nitrogens is 4. The number of H-pyrrole nitrogens is 1. The highest BCUT2D eigenvalue weighted by atomic mass is 79.9. The molecule has 0 atom stereocenters. The highest BCUT2D eigenvalue weighted by Gasteiger charge is 2.24. The van der Waals surface area contributed by atoms with Gasteiger partial charge >= 0.3 is 0 Å². The predicted octanol–water partition coefficient (Wildman–Crippen LogP) is 2.54. The van der Waals surface area contributed by atoms with Crippen LogP contribution in [0.4, 0.5) is 5.13 Å². The molecular weight excluding hydrogens is 318 g/mol. The first-order valence-corrected chi connectivity index (χ1v) is 7.18. The number of hydrogen-bond acceptors (Lipinski definition) is 5. The molecule has 0 saturated heterocycles. The lowest BCUT2D eigenvalue weighted by atomic mass is 9.86. The Morgan fingerprint density at radius 1 is 1.50 bits per heavy atom. The zero-order chi connectivity index (χ0) is 12.5. The molecule has 2 aromatic heterocycles. The smallest absolute Gasteiger partial charge is 0.293 e. The number of imidazole rings is 1. The summed E-state index contributed by atoms with van der Waals surface area (Å²) in [4.78, 5) is 18.5. The van der Waals surface area contributed by atoms with E-state index in [1.807, 2.05) is 0 Å². The quantitative estimate of drug-likeness (QED) is 0.907. The molecule has 3 rings (SSSR count). The predicted molar refractivity (Wildman–Crippen MR) is 70.7 cm³/mol. The first kappa shape index (κ1) is 11.8. The van der Waals surface area contributed by atoms with Crippen LogP contribution in [0.25, 0.3) is 0 Å². The summed E-state index contributed by atoms with van der Waals surface area (Å²) in [5, 5.41) is 12.3. The first-order chi connectivity index (χ1) is 8.72. The van der Waals surface area contributed by atoms with Gasteiger partial charge in [0.05, 0.1) is 6.20 Å². The molecule has 0 aromatic carbocycles. The molecule has 2 aromatic rings. The van der Waals surface area contributed by atoms with Gasteiger partial charge in [-0.2, -0.15) is 0 Å². The van der Waals surface area contributed by atoms with Crippen LogP contribution >= 0.6 is 27.3 Å². The Bertz CT molecular complexity index is 576. The fourth-order valence-electron chi connectivity index (χ4n) is 1.68. The Labute approximate surface area is 115 Å². The lowest BCUT2D eigenvalue weighted by Gasteiger charge is -2.21. The molecule has 18 heavy (non-hydrogen) atoms. The molecule has 2 heterocycles. The van der Waals surface area contributed by atoms with Crippen LogP contribution < -0.4 is 5.32 Å². The summed E-state index contributed by atoms with van der Waals surface area (Å²) in [5.74, 6) is 0.477. The van der Waals surface area contributed by atoms with E-state index < -0.39 is 0 Å². The normalized spacial score (nSPS) is 15.4. The van der Waals surface area contributed by atoms with Crippen LogP contribution in [0.2, 0.25) is 0 Å². The minimum absolute atomic E-state index is 0.252. The van der Waals surface area contributed by atoms with Gasteiger partial charge in [0.15, 0.2) is 5.82 Å². The summed E-state index contributed by atoms with van der Waals surface area (Å²) in [5.41, 5.74) is 0. The van der Waals surface area contributed by atoms with Gasteiger partial charge < -0.3 is 4.98 Å². The molecule has 8 heteroatoms. The maximum absolute atomic E-state index is 11.8. The van der Waals surface area contributed by atoms with E-state index in [9.17, 15) is 4.79 Å². The summed E-state index contributed by atoms with van der Waals surface area (Å²) in [6, 6.07) is 0. The molecule has 0 bridgehead atoms. The van der Waals surface area contributed by atoms with E-state index in [0.29, 0.717) is 15.7 Å². The lowest BCUT2D eigenvalue weighted by Crippen LogP contribution is -2.13. The van der Waals surface area contributed by atoms with Crippen molar-refractivity contribution in [2.24, 2.45) is 0 Å². The van der Waals surface area contributed by atoms with Gasteiger partial charge in [-0.3, -0.25) is 10.1 Å². The van der Waals surface area contributed by atoms with Crippen LogP contribution in [-0.2, 0) is 0 Å². The van der Waals surface area contributed by atoms with Gasteiger partial charge in [0.2, 0.25) is 5.13 Å². The van der Waals surface area contributed by atoms with Crippen LogP contribution in [0.15, 0.2) is 10.8 Å². The highest BCUT2D eigenvalue weighted by Crippen LogP contribution is 2.38. The first-order valence-electron chi connectivity index (χ1n) is 5.57. The van der Waals surface area contributed by atoms with E-state index in [1.54, 1.807) is 0 Å². The number of nitrogens with one attached hydrogen (secondary N) is 2.